The largest absolute Gasteiger partial charge is 2.00 e. The van der Waals surface area contributed by atoms with E-state index in [0.717, 1.165) is 22.8 Å². The van der Waals surface area contributed by atoms with Crippen LogP contribution in [0.25, 0.3) is 0 Å². The van der Waals surface area contributed by atoms with E-state index < -0.39 is 20.5 Å². The van der Waals surface area contributed by atoms with E-state index in [1.54, 1.807) is 55.4 Å². The molecule has 24 nitrogen and oxygen atoms in total. The normalized spacial score (nSPS) is 12.5. The quantitative estimate of drug-likeness (QED) is 0.0376. The summed E-state index contributed by atoms with van der Waals surface area (Å²) in [6, 6.07) is 0. The first-order valence-electron chi connectivity index (χ1n) is 13.8. The van der Waals surface area contributed by atoms with Crippen molar-refractivity contribution in [3.8, 4) is 0 Å². The van der Waals surface area contributed by atoms with Gasteiger partial charge in [0.15, 0.2) is 0 Å². The van der Waals surface area contributed by atoms with Crippen molar-refractivity contribution in [1.29, 1.82) is 0 Å². The molecule has 2 radical (unpaired) electrons. The average Bonchev–Trinajstić information content (AvgIpc) is 3.04. The molecule has 334 valence electrons. The number of hydrogen-bond donors (Lipinski definition) is 10. The molecule has 0 fully saturated rings. The molecule has 0 aromatic heterocycles. The van der Waals surface area contributed by atoms with Crippen LogP contribution in [0, 0.1) is 20.5 Å². The van der Waals surface area contributed by atoms with Crippen molar-refractivity contribution in [2.75, 3.05) is 52.4 Å². The Hall–Kier alpha value is -1.26. The SMILES string of the molecule is CC(=NO)C(C)=NCCN.CC(=NO)C(C)=NCCN.CC(=NO)C(C)=NCCN.CC(=NO)C(C)=NCCN.[Cu+2].[Cu+2].[Cu+].[Cu+].[O-][Cl+3]([O-])([O-])O.[O-][Cl+3]([O-])([O-])O. The van der Waals surface area contributed by atoms with Crippen LogP contribution in [-0.4, -0.2) is 128 Å². The smallest absolute Gasteiger partial charge is 0.411 e. The predicted octanol–water partition coefficient (Wildman–Crippen LogP) is -7.23. The van der Waals surface area contributed by atoms with Gasteiger partial charge in [0.25, 0.3) is 0 Å². The molecule has 0 unspecified atom stereocenters. The topological polar surface area (TPSA) is 463 Å². The van der Waals surface area contributed by atoms with Crippen molar-refractivity contribution >= 4 is 45.7 Å². The minimum Gasteiger partial charge on any atom is -0.411 e. The molecule has 54 heavy (non-hydrogen) atoms. The first-order valence-corrected chi connectivity index (χ1v) is 16.3. The van der Waals surface area contributed by atoms with Gasteiger partial charge >= 0.3 is 68.3 Å². The predicted molar refractivity (Wildman–Crippen MR) is 172 cm³/mol. The van der Waals surface area contributed by atoms with Crippen LogP contribution in [0.15, 0.2) is 40.6 Å². The molecule has 30 heteroatoms. The van der Waals surface area contributed by atoms with E-state index in [1.165, 1.54) is 0 Å². The van der Waals surface area contributed by atoms with E-state index in [9.17, 15) is 0 Å². The van der Waals surface area contributed by atoms with Crippen LogP contribution in [0.4, 0.5) is 0 Å². The molecule has 0 aromatic carbocycles. The van der Waals surface area contributed by atoms with Gasteiger partial charge in [-0.1, -0.05) is 20.6 Å². The van der Waals surface area contributed by atoms with Crippen molar-refractivity contribution in [3.63, 3.8) is 0 Å². The minimum absolute atomic E-state index is 0. The van der Waals surface area contributed by atoms with Gasteiger partial charge in [0.2, 0.25) is 0 Å². The van der Waals surface area contributed by atoms with Gasteiger partial charge in [-0.3, -0.25) is 20.0 Å². The van der Waals surface area contributed by atoms with E-state index >= 15 is 0 Å². The number of nitrogens with two attached hydrogens (primary N) is 4. The number of hydrogen-bond acceptors (Lipinski definition) is 24. The fraction of sp³-hybridized carbons (Fsp3) is 0.667. The zero-order valence-electron chi connectivity index (χ0n) is 30.6. The third-order valence-electron chi connectivity index (χ3n) is 4.61. The van der Waals surface area contributed by atoms with E-state index in [1.807, 2.05) is 0 Å². The van der Waals surface area contributed by atoms with Crippen LogP contribution in [0.3, 0.4) is 0 Å². The summed E-state index contributed by atoms with van der Waals surface area (Å²) in [5, 5.41) is 45.1. The number of nitrogens with zero attached hydrogens (tertiary/aromatic N) is 8. The Morgan fingerprint density at radius 1 is 0.389 bits per heavy atom. The zero-order valence-corrected chi connectivity index (χ0v) is 35.9. The molecular weight excluding hydrogens is 973 g/mol. The molecule has 0 aliphatic heterocycles. The van der Waals surface area contributed by atoms with Crippen LogP contribution in [0.1, 0.15) is 55.4 Å². The molecule has 0 bridgehead atoms. The summed E-state index contributed by atoms with van der Waals surface area (Å²) in [7, 11) is -9.39. The summed E-state index contributed by atoms with van der Waals surface area (Å²) < 4.78 is 65.4. The molecule has 0 aliphatic carbocycles. The summed E-state index contributed by atoms with van der Waals surface area (Å²) in [4.78, 5) is 16.1. The fourth-order valence-electron chi connectivity index (χ4n) is 1.68. The van der Waals surface area contributed by atoms with Crippen LogP contribution in [0.5, 0.6) is 0 Å². The molecule has 14 N–H and O–H groups in total. The van der Waals surface area contributed by atoms with Crippen molar-refractivity contribution in [2.24, 2.45) is 63.5 Å². The maximum Gasteiger partial charge on any atom is 2.00 e. The van der Waals surface area contributed by atoms with Crippen LogP contribution >= 0.6 is 0 Å². The van der Waals surface area contributed by atoms with Crippen LogP contribution < -0.4 is 50.9 Å². The second-order valence-corrected chi connectivity index (χ2v) is 10.1. The Labute approximate surface area is 361 Å². The second-order valence-electron chi connectivity index (χ2n) is 8.56. The first kappa shape index (κ1) is 77.3. The summed E-state index contributed by atoms with van der Waals surface area (Å²) >= 11 is 0. The monoisotopic (exact) mass is 1020 g/mol. The Kier molecular flexibility index (Phi) is 74.1. The summed E-state index contributed by atoms with van der Waals surface area (Å²) in [5.41, 5.74) is 25.9. The van der Waals surface area contributed by atoms with Crippen LogP contribution in [0.2, 0.25) is 0 Å². The van der Waals surface area contributed by atoms with Crippen molar-refractivity contribution in [3.05, 3.63) is 0 Å². The third-order valence-corrected chi connectivity index (χ3v) is 4.61. The maximum absolute atomic E-state index is 8.60. The number of aliphatic imine (C=N–C) groups is 4. The molecule has 0 spiro atoms. The van der Waals surface area contributed by atoms with Crippen LogP contribution in [-0.2, 0) is 68.3 Å². The van der Waals surface area contributed by atoms with Gasteiger partial charge < -0.3 is 43.8 Å². The van der Waals surface area contributed by atoms with Crippen molar-refractivity contribution < 1.29 is 147 Å². The van der Waals surface area contributed by atoms with Gasteiger partial charge in [0, 0.05) is 26.2 Å². The molecule has 0 atom stereocenters. The van der Waals surface area contributed by atoms with Gasteiger partial charge in [-0.15, -0.1) is 0 Å². The number of oxime groups is 4. The number of halogens is 2. The Morgan fingerprint density at radius 3 is 0.574 bits per heavy atom. The zero-order chi connectivity index (χ0) is 40.9. The summed E-state index contributed by atoms with van der Waals surface area (Å²) in [6.07, 6.45) is 0. The van der Waals surface area contributed by atoms with Gasteiger partial charge in [0.1, 0.15) is 0 Å². The molecule has 0 aromatic rings. The number of rotatable bonds is 12. The van der Waals surface area contributed by atoms with Gasteiger partial charge in [0.05, 0.1) is 102 Å². The van der Waals surface area contributed by atoms with E-state index in [0.29, 0.717) is 75.2 Å². The molecule has 0 aliphatic rings. The average molecular weight is 1030 g/mol. The molecule has 0 saturated heterocycles. The molecule has 0 amide bonds. The van der Waals surface area contributed by atoms with Gasteiger partial charge in [-0.2, -0.15) is 28.0 Å². The first-order chi connectivity index (χ1) is 22.9. The minimum atomic E-state index is -4.69. The molecule has 0 heterocycles. The van der Waals surface area contributed by atoms with E-state index in [2.05, 4.69) is 40.6 Å². The van der Waals surface area contributed by atoms with E-state index in [-0.39, 0.29) is 68.3 Å². The summed E-state index contributed by atoms with van der Waals surface area (Å²) in [6.45, 7) is 18.3. The molecule has 0 saturated carbocycles. The van der Waals surface area contributed by atoms with Gasteiger partial charge in [-0.05, 0) is 55.4 Å². The Bertz CT molecular complexity index is 944. The Balaban J connectivity index is -0.0000000540. The summed E-state index contributed by atoms with van der Waals surface area (Å²) in [5.74, 6) is 0. The second kappa shape index (κ2) is 51.7. The maximum atomic E-state index is 8.60. The molecular formula is C24H54Cl2Cu4N12O12+6. The Morgan fingerprint density at radius 2 is 0.500 bits per heavy atom. The van der Waals surface area contributed by atoms with E-state index in [4.69, 9.17) is 81.0 Å². The standard InChI is InChI=1S/4C6H13N3O.2ClHO4.4Cu/c4*1-5(6(2)9-10)8-4-3-7;2*2-1(3,4)5;;;;/h4*10H,3-4,7H2,1-2H3;2*(H,2,3,4,5);;;;/q;;;;;;2*+1;2*+2. The van der Waals surface area contributed by atoms with Crippen molar-refractivity contribution in [1.82, 2.24) is 0 Å². The fourth-order valence-corrected chi connectivity index (χ4v) is 1.68. The molecule has 0 rings (SSSR count). The van der Waals surface area contributed by atoms with Crippen molar-refractivity contribution in [2.45, 2.75) is 55.4 Å². The third kappa shape index (κ3) is 83.6. The van der Waals surface area contributed by atoms with Gasteiger partial charge in [-0.25, -0.2) is 0 Å².